The summed E-state index contributed by atoms with van der Waals surface area (Å²) in [6.45, 7) is 6.49. The first-order chi connectivity index (χ1) is 12.7. The van der Waals surface area contributed by atoms with E-state index in [2.05, 4.69) is 40.5 Å². The lowest BCUT2D eigenvalue weighted by Crippen LogP contribution is -2.40. The van der Waals surface area contributed by atoms with E-state index in [1.54, 1.807) is 4.90 Å². The van der Waals surface area contributed by atoms with Crippen molar-refractivity contribution < 1.29 is 9.63 Å². The molecule has 1 atom stereocenters. The summed E-state index contributed by atoms with van der Waals surface area (Å²) in [5.74, 6) is 0. The Bertz CT molecular complexity index is 640. The molecule has 0 aromatic heterocycles. The van der Waals surface area contributed by atoms with Crippen molar-refractivity contribution in [3.63, 3.8) is 0 Å². The minimum absolute atomic E-state index is 0.0373. The maximum atomic E-state index is 12.4. The third-order valence-corrected chi connectivity index (χ3v) is 5.15. The highest BCUT2D eigenvalue weighted by atomic mass is 16.6. The monoisotopic (exact) mass is 358 g/mol. The molecule has 0 aliphatic carbocycles. The van der Waals surface area contributed by atoms with E-state index in [4.69, 9.17) is 4.84 Å². The zero-order valence-electron chi connectivity index (χ0n) is 15.9. The summed E-state index contributed by atoms with van der Waals surface area (Å²) in [4.78, 5) is 22.0. The van der Waals surface area contributed by atoms with E-state index >= 15 is 0 Å². The van der Waals surface area contributed by atoms with Gasteiger partial charge in [-0.2, -0.15) is 0 Å². The minimum atomic E-state index is -0.0745. The summed E-state index contributed by atoms with van der Waals surface area (Å²) in [6, 6.07) is 8.35. The van der Waals surface area contributed by atoms with Gasteiger partial charge in [0, 0.05) is 26.6 Å². The Balaban J connectivity index is 1.49. The van der Waals surface area contributed by atoms with Gasteiger partial charge < -0.3 is 15.1 Å². The Morgan fingerprint density at radius 3 is 2.73 bits per heavy atom. The smallest absolute Gasteiger partial charge is 0.317 e. The van der Waals surface area contributed by atoms with E-state index in [9.17, 15) is 4.79 Å². The highest BCUT2D eigenvalue weighted by Crippen LogP contribution is 2.17. The third kappa shape index (κ3) is 4.97. The summed E-state index contributed by atoms with van der Waals surface area (Å²) in [5, 5.41) is 6.99. The molecular formula is C20H30N4O2. The molecule has 1 aromatic rings. The van der Waals surface area contributed by atoms with Gasteiger partial charge in [-0.05, 0) is 43.5 Å². The number of oxime groups is 1. The first kappa shape index (κ1) is 18.7. The highest BCUT2D eigenvalue weighted by molar-refractivity contribution is 5.85. The van der Waals surface area contributed by atoms with Gasteiger partial charge in [-0.15, -0.1) is 0 Å². The second-order valence-electron chi connectivity index (χ2n) is 7.24. The second-order valence-corrected chi connectivity index (χ2v) is 7.24. The Kier molecular flexibility index (Phi) is 6.50. The summed E-state index contributed by atoms with van der Waals surface area (Å²) in [7, 11) is 1.84. The van der Waals surface area contributed by atoms with E-state index in [1.165, 1.54) is 37.1 Å². The van der Waals surface area contributed by atoms with Crippen LogP contribution in [0.5, 0.6) is 0 Å². The first-order valence-corrected chi connectivity index (χ1v) is 9.65. The van der Waals surface area contributed by atoms with Crippen LogP contribution in [0.2, 0.25) is 0 Å². The summed E-state index contributed by atoms with van der Waals surface area (Å²) in [6.07, 6.45) is 4.25. The molecule has 0 spiro atoms. The number of benzene rings is 1. The fraction of sp³-hybridized carbons (Fsp3) is 0.600. The molecule has 2 aliphatic rings. The lowest BCUT2D eigenvalue weighted by Gasteiger charge is -2.22. The van der Waals surface area contributed by atoms with Crippen molar-refractivity contribution in [2.45, 2.75) is 51.8 Å². The predicted octanol–water partition coefficient (Wildman–Crippen LogP) is 2.98. The number of hydrogen-bond donors (Lipinski definition) is 1. The molecule has 0 bridgehead atoms. The Hall–Kier alpha value is -2.08. The molecule has 1 saturated heterocycles. The highest BCUT2D eigenvalue weighted by Gasteiger charge is 2.21. The molecule has 1 N–H and O–H groups in total. The van der Waals surface area contributed by atoms with Crippen molar-refractivity contribution in [1.29, 1.82) is 0 Å². The molecule has 6 nitrogen and oxygen atoms in total. The van der Waals surface area contributed by atoms with Crippen LogP contribution in [0.4, 0.5) is 4.79 Å². The number of carbonyl (C=O) groups is 1. The number of likely N-dealkylation sites (tertiary alicyclic amines) is 1. The molecule has 0 saturated carbocycles. The lowest BCUT2D eigenvalue weighted by molar-refractivity contribution is 0.0851. The number of carbonyl (C=O) groups excluding carboxylic acids is 1. The topological polar surface area (TPSA) is 57.2 Å². The Morgan fingerprint density at radius 1 is 1.31 bits per heavy atom. The lowest BCUT2D eigenvalue weighted by atomic mass is 10.1. The molecule has 2 amide bonds. The van der Waals surface area contributed by atoms with Crippen molar-refractivity contribution in [1.82, 2.24) is 15.1 Å². The quantitative estimate of drug-likeness (QED) is 0.815. The Labute approximate surface area is 156 Å². The molecular weight excluding hydrogens is 328 g/mol. The van der Waals surface area contributed by atoms with E-state index < -0.39 is 0 Å². The van der Waals surface area contributed by atoms with Crippen LogP contribution in [-0.2, 0) is 17.9 Å². The third-order valence-electron chi connectivity index (χ3n) is 5.15. The van der Waals surface area contributed by atoms with Crippen LogP contribution in [0.1, 0.15) is 43.7 Å². The fourth-order valence-electron chi connectivity index (χ4n) is 3.52. The molecule has 2 heterocycles. The fourth-order valence-corrected chi connectivity index (χ4v) is 3.52. The number of rotatable bonds is 7. The average Bonchev–Trinajstić information content (AvgIpc) is 3.32. The van der Waals surface area contributed by atoms with Gasteiger partial charge in [0.1, 0.15) is 6.10 Å². The molecule has 0 unspecified atom stereocenters. The molecule has 0 radical (unpaired) electrons. The van der Waals surface area contributed by atoms with Gasteiger partial charge in [-0.3, -0.25) is 4.90 Å². The van der Waals surface area contributed by atoms with Crippen LogP contribution in [0.15, 0.2) is 29.4 Å². The molecule has 6 heteroatoms. The molecule has 1 fully saturated rings. The molecule has 26 heavy (non-hydrogen) atoms. The first-order valence-electron chi connectivity index (χ1n) is 9.65. The number of hydrogen-bond acceptors (Lipinski definition) is 4. The van der Waals surface area contributed by atoms with Gasteiger partial charge in [0.25, 0.3) is 0 Å². The largest absolute Gasteiger partial charge is 0.390 e. The summed E-state index contributed by atoms with van der Waals surface area (Å²) >= 11 is 0. The number of nitrogens with one attached hydrogen (secondary N) is 1. The van der Waals surface area contributed by atoms with Crippen molar-refractivity contribution in [2.75, 3.05) is 26.7 Å². The van der Waals surface area contributed by atoms with Crippen LogP contribution in [-0.4, -0.2) is 54.3 Å². The second kappa shape index (κ2) is 9.03. The van der Waals surface area contributed by atoms with Gasteiger partial charge >= 0.3 is 6.03 Å². The molecule has 2 aliphatic heterocycles. The van der Waals surface area contributed by atoms with Crippen molar-refractivity contribution in [2.24, 2.45) is 5.16 Å². The number of urea groups is 1. The summed E-state index contributed by atoms with van der Waals surface area (Å²) < 4.78 is 0. The van der Waals surface area contributed by atoms with Gasteiger partial charge in [0.15, 0.2) is 0 Å². The van der Waals surface area contributed by atoms with Crippen LogP contribution >= 0.6 is 0 Å². The van der Waals surface area contributed by atoms with E-state index in [-0.39, 0.29) is 12.1 Å². The SMILES string of the molecule is CCC1=NO[C@@H](CNC(=O)N(C)Cc2ccccc2CN2CCCC2)C1. The maximum Gasteiger partial charge on any atom is 0.317 e. The van der Waals surface area contributed by atoms with Crippen molar-refractivity contribution in [3.8, 4) is 0 Å². The standard InChI is InChI=1S/C20H30N4O2/c1-3-18-12-19(26-22-18)13-21-20(25)23(2)14-16-8-4-5-9-17(16)15-24-10-6-7-11-24/h4-5,8-9,19H,3,6-7,10-15H2,1-2H3,(H,21,25)/t19-/m1/s1. The molecule has 142 valence electrons. The van der Waals surface area contributed by atoms with Gasteiger partial charge in [0.05, 0.1) is 12.3 Å². The van der Waals surface area contributed by atoms with E-state index in [1.807, 2.05) is 13.1 Å². The molecule has 1 aromatic carbocycles. The minimum Gasteiger partial charge on any atom is -0.390 e. The van der Waals surface area contributed by atoms with Crippen LogP contribution in [0, 0.1) is 0 Å². The van der Waals surface area contributed by atoms with Crippen LogP contribution in [0.3, 0.4) is 0 Å². The van der Waals surface area contributed by atoms with E-state index in [0.29, 0.717) is 13.1 Å². The Morgan fingerprint density at radius 2 is 2.04 bits per heavy atom. The zero-order valence-corrected chi connectivity index (χ0v) is 15.9. The molecule has 3 rings (SSSR count). The maximum absolute atomic E-state index is 12.4. The van der Waals surface area contributed by atoms with Crippen molar-refractivity contribution >= 4 is 11.7 Å². The summed E-state index contributed by atoms with van der Waals surface area (Å²) in [5.41, 5.74) is 3.59. The van der Waals surface area contributed by atoms with Gasteiger partial charge in [0.2, 0.25) is 0 Å². The number of amides is 2. The van der Waals surface area contributed by atoms with Crippen molar-refractivity contribution in [3.05, 3.63) is 35.4 Å². The van der Waals surface area contributed by atoms with Gasteiger partial charge in [-0.1, -0.05) is 36.3 Å². The van der Waals surface area contributed by atoms with Crippen LogP contribution in [0.25, 0.3) is 0 Å². The van der Waals surface area contributed by atoms with E-state index in [0.717, 1.165) is 25.1 Å². The average molecular weight is 358 g/mol. The van der Waals surface area contributed by atoms with Gasteiger partial charge in [-0.25, -0.2) is 4.79 Å². The van der Waals surface area contributed by atoms with Crippen LogP contribution < -0.4 is 5.32 Å². The number of nitrogens with zero attached hydrogens (tertiary/aromatic N) is 3. The normalized spacial score (nSPS) is 19.9. The zero-order chi connectivity index (χ0) is 18.4. The predicted molar refractivity (Wildman–Crippen MR) is 103 cm³/mol.